The maximum absolute atomic E-state index is 13.1. The maximum atomic E-state index is 13.1. The molecule has 5 nitrogen and oxygen atoms in total. The number of halogens is 1. The molecule has 1 aromatic carbocycles. The van der Waals surface area contributed by atoms with Crippen LogP contribution >= 0.6 is 0 Å². The van der Waals surface area contributed by atoms with E-state index in [1.54, 1.807) is 0 Å². The van der Waals surface area contributed by atoms with Gasteiger partial charge in [-0.15, -0.1) is 0 Å². The summed E-state index contributed by atoms with van der Waals surface area (Å²) in [5, 5.41) is 8.73. The fraction of sp³-hybridized carbons (Fsp3) is 0.333. The first kappa shape index (κ1) is 14.0. The van der Waals surface area contributed by atoms with Gasteiger partial charge in [0.15, 0.2) is 0 Å². The quantitative estimate of drug-likeness (QED) is 0.621. The Morgan fingerprint density at radius 3 is 2.67 bits per heavy atom. The van der Waals surface area contributed by atoms with E-state index in [-0.39, 0.29) is 30.3 Å². The minimum Gasteiger partial charge on any atom is -0.493 e. The molecule has 0 aliphatic heterocycles. The van der Waals surface area contributed by atoms with Gasteiger partial charge in [0, 0.05) is 12.5 Å². The lowest BCUT2D eigenvalue weighted by molar-refractivity contribution is -0.140. The molecular weight excluding hydrogens is 243 g/mol. The van der Waals surface area contributed by atoms with E-state index in [9.17, 15) is 14.0 Å². The third-order valence-electron chi connectivity index (χ3n) is 2.14. The van der Waals surface area contributed by atoms with Crippen LogP contribution in [0.1, 0.15) is 23.2 Å². The molecule has 0 aromatic heterocycles. The Bertz CT molecular complexity index is 444. The number of aromatic carboxylic acids is 1. The SMILES string of the molecule is COC(=O)CCCOc1cc(F)cc(C(=O)O)c1. The third kappa shape index (κ3) is 4.40. The summed E-state index contributed by atoms with van der Waals surface area (Å²) in [5.41, 5.74) is -0.182. The molecule has 0 amide bonds. The number of carboxylic acids is 1. The third-order valence-corrected chi connectivity index (χ3v) is 2.14. The number of carbonyl (C=O) groups excluding carboxylic acids is 1. The average molecular weight is 256 g/mol. The van der Waals surface area contributed by atoms with Crippen LogP contribution in [0.25, 0.3) is 0 Å². The largest absolute Gasteiger partial charge is 0.493 e. The van der Waals surface area contributed by atoms with Crippen molar-refractivity contribution < 1.29 is 28.6 Å². The van der Waals surface area contributed by atoms with E-state index in [1.165, 1.54) is 13.2 Å². The molecule has 0 saturated heterocycles. The van der Waals surface area contributed by atoms with E-state index in [2.05, 4.69) is 4.74 Å². The molecule has 0 heterocycles. The number of rotatable bonds is 6. The predicted molar refractivity (Wildman–Crippen MR) is 60.1 cm³/mol. The Labute approximate surface area is 103 Å². The normalized spacial score (nSPS) is 9.89. The van der Waals surface area contributed by atoms with Crippen LogP contribution in [0.3, 0.4) is 0 Å². The summed E-state index contributed by atoms with van der Waals surface area (Å²) in [6.45, 7) is 0.178. The molecule has 0 radical (unpaired) electrons. The zero-order valence-corrected chi connectivity index (χ0v) is 9.81. The van der Waals surface area contributed by atoms with Gasteiger partial charge in [0.1, 0.15) is 11.6 Å². The lowest BCUT2D eigenvalue weighted by Crippen LogP contribution is -2.05. The average Bonchev–Trinajstić information content (AvgIpc) is 2.33. The van der Waals surface area contributed by atoms with Crippen molar-refractivity contribution >= 4 is 11.9 Å². The Morgan fingerprint density at radius 1 is 1.33 bits per heavy atom. The van der Waals surface area contributed by atoms with Crippen LogP contribution in [0, 0.1) is 5.82 Å². The van der Waals surface area contributed by atoms with Crippen LogP contribution < -0.4 is 4.74 Å². The Hall–Kier alpha value is -2.11. The van der Waals surface area contributed by atoms with Crippen molar-refractivity contribution in [3.63, 3.8) is 0 Å². The molecule has 1 rings (SSSR count). The van der Waals surface area contributed by atoms with Gasteiger partial charge in [0.05, 0.1) is 19.3 Å². The summed E-state index contributed by atoms with van der Waals surface area (Å²) >= 11 is 0. The monoisotopic (exact) mass is 256 g/mol. The number of carboxylic acid groups (broad SMARTS) is 1. The van der Waals surface area contributed by atoms with Gasteiger partial charge in [-0.3, -0.25) is 4.79 Å². The zero-order chi connectivity index (χ0) is 13.5. The van der Waals surface area contributed by atoms with E-state index in [4.69, 9.17) is 9.84 Å². The number of esters is 1. The van der Waals surface area contributed by atoms with Crippen molar-refractivity contribution in [2.24, 2.45) is 0 Å². The van der Waals surface area contributed by atoms with Crippen molar-refractivity contribution in [3.05, 3.63) is 29.6 Å². The molecule has 1 aromatic rings. The molecule has 98 valence electrons. The fourth-order valence-corrected chi connectivity index (χ4v) is 1.28. The zero-order valence-electron chi connectivity index (χ0n) is 9.81. The van der Waals surface area contributed by atoms with Crippen molar-refractivity contribution in [1.82, 2.24) is 0 Å². The van der Waals surface area contributed by atoms with E-state index in [0.717, 1.165) is 12.1 Å². The summed E-state index contributed by atoms with van der Waals surface area (Å²) in [7, 11) is 1.29. The molecule has 0 unspecified atom stereocenters. The maximum Gasteiger partial charge on any atom is 0.335 e. The predicted octanol–water partition coefficient (Wildman–Crippen LogP) is 1.86. The highest BCUT2D eigenvalue weighted by atomic mass is 19.1. The van der Waals surface area contributed by atoms with Crippen LogP contribution in [-0.4, -0.2) is 30.8 Å². The minimum absolute atomic E-state index is 0.122. The molecule has 0 aliphatic carbocycles. The molecule has 0 spiro atoms. The molecule has 0 atom stereocenters. The molecular formula is C12H13FO5. The van der Waals surface area contributed by atoms with Gasteiger partial charge in [-0.1, -0.05) is 0 Å². The Kier molecular flexibility index (Phi) is 5.10. The first-order valence-corrected chi connectivity index (χ1v) is 5.26. The molecule has 0 aliphatic rings. The van der Waals surface area contributed by atoms with Gasteiger partial charge >= 0.3 is 11.9 Å². The van der Waals surface area contributed by atoms with Gasteiger partial charge in [-0.05, 0) is 18.6 Å². The molecule has 0 saturated carbocycles. The van der Waals surface area contributed by atoms with Gasteiger partial charge in [0.25, 0.3) is 0 Å². The van der Waals surface area contributed by atoms with Gasteiger partial charge in [-0.25, -0.2) is 9.18 Å². The molecule has 18 heavy (non-hydrogen) atoms. The van der Waals surface area contributed by atoms with E-state index < -0.39 is 11.8 Å². The highest BCUT2D eigenvalue weighted by molar-refractivity contribution is 5.88. The van der Waals surface area contributed by atoms with Crippen LogP contribution in [-0.2, 0) is 9.53 Å². The smallest absolute Gasteiger partial charge is 0.335 e. The number of hydrogen-bond acceptors (Lipinski definition) is 4. The standard InChI is InChI=1S/C12H13FO5/c1-17-11(14)3-2-4-18-10-6-8(12(15)16)5-9(13)7-10/h5-7H,2-4H2,1H3,(H,15,16). The summed E-state index contributed by atoms with van der Waals surface area (Å²) in [6, 6.07) is 3.22. The van der Waals surface area contributed by atoms with Gasteiger partial charge < -0.3 is 14.6 Å². The molecule has 0 fully saturated rings. The van der Waals surface area contributed by atoms with Crippen LogP contribution in [0.4, 0.5) is 4.39 Å². The number of benzene rings is 1. The number of ether oxygens (including phenoxy) is 2. The summed E-state index contributed by atoms with van der Waals surface area (Å²) in [5.74, 6) is -2.15. The van der Waals surface area contributed by atoms with Gasteiger partial charge in [-0.2, -0.15) is 0 Å². The van der Waals surface area contributed by atoms with Crippen molar-refractivity contribution in [2.75, 3.05) is 13.7 Å². The first-order valence-electron chi connectivity index (χ1n) is 5.26. The Balaban J connectivity index is 2.52. The topological polar surface area (TPSA) is 72.8 Å². The second-order valence-electron chi connectivity index (χ2n) is 3.51. The van der Waals surface area contributed by atoms with Crippen LogP contribution in [0.5, 0.6) is 5.75 Å². The molecule has 0 bridgehead atoms. The number of carbonyl (C=O) groups is 2. The highest BCUT2D eigenvalue weighted by Crippen LogP contribution is 2.16. The fourth-order valence-electron chi connectivity index (χ4n) is 1.28. The van der Waals surface area contributed by atoms with Crippen molar-refractivity contribution in [2.45, 2.75) is 12.8 Å². The summed E-state index contributed by atoms with van der Waals surface area (Å²) in [6.07, 6.45) is 0.600. The lowest BCUT2D eigenvalue weighted by Gasteiger charge is -2.06. The minimum atomic E-state index is -1.23. The summed E-state index contributed by atoms with van der Waals surface area (Å²) < 4.78 is 22.7. The van der Waals surface area contributed by atoms with Crippen LogP contribution in [0.2, 0.25) is 0 Å². The molecule has 1 N–H and O–H groups in total. The second-order valence-corrected chi connectivity index (χ2v) is 3.51. The second kappa shape index (κ2) is 6.58. The Morgan fingerprint density at radius 2 is 2.06 bits per heavy atom. The van der Waals surface area contributed by atoms with E-state index >= 15 is 0 Å². The van der Waals surface area contributed by atoms with Crippen LogP contribution in [0.15, 0.2) is 18.2 Å². The van der Waals surface area contributed by atoms with Gasteiger partial charge in [0.2, 0.25) is 0 Å². The number of methoxy groups -OCH3 is 1. The highest BCUT2D eigenvalue weighted by Gasteiger charge is 2.08. The number of hydrogen-bond donors (Lipinski definition) is 1. The molecule has 6 heteroatoms. The van der Waals surface area contributed by atoms with Crippen molar-refractivity contribution in [1.29, 1.82) is 0 Å². The van der Waals surface area contributed by atoms with E-state index in [0.29, 0.717) is 6.42 Å². The van der Waals surface area contributed by atoms with E-state index in [1.807, 2.05) is 0 Å². The van der Waals surface area contributed by atoms with Crippen molar-refractivity contribution in [3.8, 4) is 5.75 Å². The summed E-state index contributed by atoms with van der Waals surface area (Å²) in [4.78, 5) is 21.5. The lowest BCUT2D eigenvalue weighted by atomic mass is 10.2. The first-order chi connectivity index (χ1) is 8.52.